The third-order valence-corrected chi connectivity index (χ3v) is 7.17. The van der Waals surface area contributed by atoms with Crippen LogP contribution >= 0.6 is 0 Å². The molecule has 4 fully saturated rings. The topological polar surface area (TPSA) is 80.9 Å². The van der Waals surface area contributed by atoms with E-state index in [9.17, 15) is 20.4 Å². The molecule has 0 spiro atoms. The van der Waals surface area contributed by atoms with Crippen LogP contribution in [0.4, 0.5) is 0 Å². The lowest BCUT2D eigenvalue weighted by Crippen LogP contribution is -2.55. The van der Waals surface area contributed by atoms with Crippen molar-refractivity contribution in [2.24, 2.45) is 11.8 Å². The van der Waals surface area contributed by atoms with Gasteiger partial charge < -0.3 is 20.4 Å². The Balaban J connectivity index is 1.64. The molecule has 2 aromatic rings. The smallest absolute Gasteiger partial charge is 0.123 e. The molecule has 0 aliphatic heterocycles. The maximum atomic E-state index is 10.6. The summed E-state index contributed by atoms with van der Waals surface area (Å²) >= 11 is 0. The highest BCUT2D eigenvalue weighted by atomic mass is 16.3. The first-order valence-corrected chi connectivity index (χ1v) is 9.44. The lowest BCUT2D eigenvalue weighted by atomic mass is 9.41. The van der Waals surface area contributed by atoms with Crippen LogP contribution in [0.3, 0.4) is 0 Å². The standard InChI is InChI=1S/C22H24O4/c23-15-1-3-17(19(25)6-15)21-8-13-5-14(9-21)11-22(10-13,12-21)18-4-2-16(24)7-20(18)26/h1-4,6-7,13-14,23-26H,5,8-12H2. The third-order valence-electron chi connectivity index (χ3n) is 7.17. The first-order valence-electron chi connectivity index (χ1n) is 9.44. The molecule has 0 unspecified atom stereocenters. The summed E-state index contributed by atoms with van der Waals surface area (Å²) in [6.45, 7) is 0. The molecule has 0 heterocycles. The molecule has 136 valence electrons. The molecule has 4 aliphatic carbocycles. The number of aromatic hydroxyl groups is 4. The highest BCUT2D eigenvalue weighted by Gasteiger charge is 2.59. The third kappa shape index (κ3) is 2.14. The van der Waals surface area contributed by atoms with Gasteiger partial charge in [0.2, 0.25) is 0 Å². The van der Waals surface area contributed by atoms with E-state index < -0.39 is 0 Å². The van der Waals surface area contributed by atoms with Crippen molar-refractivity contribution < 1.29 is 20.4 Å². The minimum atomic E-state index is -0.105. The van der Waals surface area contributed by atoms with Crippen LogP contribution in [-0.2, 0) is 10.8 Å². The van der Waals surface area contributed by atoms with Gasteiger partial charge in [-0.3, -0.25) is 0 Å². The van der Waals surface area contributed by atoms with Crippen molar-refractivity contribution in [1.29, 1.82) is 0 Å². The van der Waals surface area contributed by atoms with E-state index in [1.807, 2.05) is 12.1 Å². The molecule has 4 saturated carbocycles. The Morgan fingerprint density at radius 1 is 0.654 bits per heavy atom. The molecule has 26 heavy (non-hydrogen) atoms. The monoisotopic (exact) mass is 352 g/mol. The first-order chi connectivity index (χ1) is 12.4. The lowest BCUT2D eigenvalue weighted by molar-refractivity contribution is -0.0297. The summed E-state index contributed by atoms with van der Waals surface area (Å²) in [6, 6.07) is 9.97. The van der Waals surface area contributed by atoms with Crippen molar-refractivity contribution in [3.05, 3.63) is 47.5 Å². The van der Waals surface area contributed by atoms with Gasteiger partial charge in [-0.1, -0.05) is 12.1 Å². The van der Waals surface area contributed by atoms with Crippen molar-refractivity contribution in [3.8, 4) is 23.0 Å². The second-order valence-corrected chi connectivity index (χ2v) is 8.92. The Kier molecular flexibility index (Phi) is 3.10. The molecule has 2 aromatic carbocycles. The van der Waals surface area contributed by atoms with Gasteiger partial charge in [-0.25, -0.2) is 0 Å². The average molecular weight is 352 g/mol. The minimum Gasteiger partial charge on any atom is -0.508 e. The van der Waals surface area contributed by atoms with Gasteiger partial charge >= 0.3 is 0 Å². The van der Waals surface area contributed by atoms with Gasteiger partial charge in [0.15, 0.2) is 0 Å². The first kappa shape index (κ1) is 15.9. The molecule has 0 radical (unpaired) electrons. The fourth-order valence-electron chi connectivity index (χ4n) is 6.83. The number of hydrogen-bond donors (Lipinski definition) is 4. The average Bonchev–Trinajstić information content (AvgIpc) is 2.52. The molecule has 4 N–H and O–H groups in total. The Morgan fingerprint density at radius 2 is 1.08 bits per heavy atom. The van der Waals surface area contributed by atoms with E-state index in [0.29, 0.717) is 11.8 Å². The number of hydrogen-bond acceptors (Lipinski definition) is 4. The molecule has 0 aromatic heterocycles. The largest absolute Gasteiger partial charge is 0.508 e. The summed E-state index contributed by atoms with van der Waals surface area (Å²) in [4.78, 5) is 0. The van der Waals surface area contributed by atoms with Gasteiger partial charge in [-0.05, 0) is 62.5 Å². The highest BCUT2D eigenvalue weighted by Crippen LogP contribution is 2.67. The maximum Gasteiger partial charge on any atom is 0.123 e. The van der Waals surface area contributed by atoms with Gasteiger partial charge in [0.05, 0.1) is 0 Å². The molecule has 0 atom stereocenters. The molecule has 4 bridgehead atoms. The normalized spacial score (nSPS) is 34.9. The zero-order chi connectivity index (χ0) is 18.1. The second-order valence-electron chi connectivity index (χ2n) is 8.92. The van der Waals surface area contributed by atoms with Gasteiger partial charge in [0.1, 0.15) is 23.0 Å². The van der Waals surface area contributed by atoms with E-state index in [1.165, 1.54) is 18.6 Å². The van der Waals surface area contributed by atoms with Crippen LogP contribution in [0, 0.1) is 11.8 Å². The summed E-state index contributed by atoms with van der Waals surface area (Å²) in [5.41, 5.74) is 1.66. The van der Waals surface area contributed by atoms with Crippen LogP contribution in [0.1, 0.15) is 49.7 Å². The van der Waals surface area contributed by atoms with Crippen LogP contribution < -0.4 is 0 Å². The van der Waals surface area contributed by atoms with Crippen LogP contribution in [-0.4, -0.2) is 20.4 Å². The zero-order valence-corrected chi connectivity index (χ0v) is 14.7. The van der Waals surface area contributed by atoms with E-state index >= 15 is 0 Å². The Labute approximate surface area is 152 Å². The Hall–Kier alpha value is -2.36. The van der Waals surface area contributed by atoms with E-state index in [0.717, 1.165) is 43.2 Å². The van der Waals surface area contributed by atoms with Crippen molar-refractivity contribution >= 4 is 0 Å². The predicted octanol–water partition coefficient (Wildman–Crippen LogP) is 4.30. The zero-order valence-electron chi connectivity index (χ0n) is 14.7. The molecule has 0 amide bonds. The predicted molar refractivity (Wildman–Crippen MR) is 97.6 cm³/mol. The number of phenols is 4. The summed E-state index contributed by atoms with van der Waals surface area (Å²) in [5.74, 6) is 1.69. The van der Waals surface area contributed by atoms with Gasteiger partial charge in [-0.2, -0.15) is 0 Å². The number of rotatable bonds is 2. The Bertz CT molecular complexity index is 804. The van der Waals surface area contributed by atoms with Crippen LogP contribution in [0.2, 0.25) is 0 Å². The molecular formula is C22H24O4. The van der Waals surface area contributed by atoms with Gasteiger partial charge in [0, 0.05) is 34.1 Å². The second kappa shape index (κ2) is 5.09. The van der Waals surface area contributed by atoms with Gasteiger partial charge in [0.25, 0.3) is 0 Å². The van der Waals surface area contributed by atoms with E-state index in [-0.39, 0.29) is 33.8 Å². The number of phenolic OH excluding ortho intramolecular Hbond substituents is 4. The van der Waals surface area contributed by atoms with E-state index in [1.54, 1.807) is 12.1 Å². The maximum absolute atomic E-state index is 10.6. The highest BCUT2D eigenvalue weighted by molar-refractivity contribution is 5.49. The van der Waals surface area contributed by atoms with Gasteiger partial charge in [-0.15, -0.1) is 0 Å². The SMILES string of the molecule is Oc1ccc(C23CC4CC(C2)CC(c2ccc(O)cc2O)(C4)C3)c(O)c1. The quantitative estimate of drug-likeness (QED) is 0.650. The van der Waals surface area contributed by atoms with Crippen molar-refractivity contribution in [2.45, 2.75) is 49.4 Å². The summed E-state index contributed by atoms with van der Waals surface area (Å²) in [7, 11) is 0. The molecule has 4 nitrogen and oxygen atoms in total. The Morgan fingerprint density at radius 3 is 1.46 bits per heavy atom. The number of benzene rings is 2. The molecule has 6 rings (SSSR count). The summed E-state index contributed by atoms with van der Waals surface area (Å²) in [6.07, 6.45) is 6.35. The molecule has 4 heteroatoms. The van der Waals surface area contributed by atoms with Crippen LogP contribution in [0.15, 0.2) is 36.4 Å². The van der Waals surface area contributed by atoms with E-state index in [2.05, 4.69) is 0 Å². The van der Waals surface area contributed by atoms with Crippen molar-refractivity contribution in [1.82, 2.24) is 0 Å². The molecule has 0 saturated heterocycles. The van der Waals surface area contributed by atoms with Crippen molar-refractivity contribution in [2.75, 3.05) is 0 Å². The summed E-state index contributed by atoms with van der Waals surface area (Å²) < 4.78 is 0. The summed E-state index contributed by atoms with van der Waals surface area (Å²) in [5, 5.41) is 40.5. The fraction of sp³-hybridized carbons (Fsp3) is 0.455. The van der Waals surface area contributed by atoms with Crippen LogP contribution in [0.25, 0.3) is 0 Å². The van der Waals surface area contributed by atoms with Crippen LogP contribution in [0.5, 0.6) is 23.0 Å². The fourth-order valence-corrected chi connectivity index (χ4v) is 6.83. The van der Waals surface area contributed by atoms with E-state index in [4.69, 9.17) is 0 Å². The lowest BCUT2D eigenvalue weighted by Gasteiger charge is -2.62. The molecular weight excluding hydrogens is 328 g/mol. The van der Waals surface area contributed by atoms with Crippen molar-refractivity contribution in [3.63, 3.8) is 0 Å². The minimum absolute atomic E-state index is 0.0851. The molecule has 4 aliphatic rings.